The molecule has 0 saturated heterocycles. The van der Waals surface area contributed by atoms with Gasteiger partial charge in [0.05, 0.1) is 54.1 Å². The molecule has 0 unspecified atom stereocenters. The lowest BCUT2D eigenvalue weighted by atomic mass is 10.1. The van der Waals surface area contributed by atoms with Crippen molar-refractivity contribution in [1.82, 2.24) is 5.43 Å². The van der Waals surface area contributed by atoms with Crippen LogP contribution in [0.5, 0.6) is 34.5 Å². The van der Waals surface area contributed by atoms with Crippen LogP contribution in [-0.2, 0) is 13.1 Å². The molecule has 0 spiro atoms. The molecular weight excluding hydrogens is 482 g/mol. The van der Waals surface area contributed by atoms with Gasteiger partial charge < -0.3 is 28.4 Å². The predicted octanol–water partition coefficient (Wildman–Crippen LogP) is 4.36. The van der Waals surface area contributed by atoms with Crippen molar-refractivity contribution in [3.8, 4) is 34.5 Å². The summed E-state index contributed by atoms with van der Waals surface area (Å²) in [4.78, 5) is 11.4. The van der Waals surface area contributed by atoms with Crippen LogP contribution in [0.25, 0.3) is 0 Å². The molecule has 0 aliphatic heterocycles. The van der Waals surface area contributed by atoms with E-state index in [-0.39, 0.29) is 12.2 Å². The molecule has 0 aromatic heterocycles. The lowest BCUT2D eigenvalue weighted by molar-refractivity contribution is -0.384. The van der Waals surface area contributed by atoms with Gasteiger partial charge in [-0.3, -0.25) is 15.1 Å². The normalized spacial score (nSPS) is 10.4. The topological polar surface area (TPSA) is 114 Å². The zero-order valence-electron chi connectivity index (χ0n) is 21.7. The zero-order valence-corrected chi connectivity index (χ0v) is 21.7. The Morgan fingerprint density at radius 1 is 0.730 bits per heavy atom. The number of para-hydroxylation sites is 2. The molecule has 3 aromatic carbocycles. The van der Waals surface area contributed by atoms with Crippen molar-refractivity contribution in [1.29, 1.82) is 0 Å². The quantitative estimate of drug-likeness (QED) is 0.261. The maximum Gasteiger partial charge on any atom is 0.293 e. The third-order valence-electron chi connectivity index (χ3n) is 5.63. The van der Waals surface area contributed by atoms with E-state index in [0.717, 1.165) is 11.1 Å². The van der Waals surface area contributed by atoms with E-state index >= 15 is 0 Å². The van der Waals surface area contributed by atoms with E-state index in [1.54, 1.807) is 49.6 Å². The lowest BCUT2D eigenvalue weighted by Crippen LogP contribution is -2.37. The van der Waals surface area contributed by atoms with Crippen molar-refractivity contribution < 1.29 is 33.3 Å². The first-order chi connectivity index (χ1) is 17.9. The highest BCUT2D eigenvalue weighted by molar-refractivity contribution is 5.63. The summed E-state index contributed by atoms with van der Waals surface area (Å²) >= 11 is 0. The van der Waals surface area contributed by atoms with Crippen LogP contribution in [0.3, 0.4) is 0 Å². The first-order valence-corrected chi connectivity index (χ1v) is 11.2. The Hall–Kier alpha value is -4.38. The molecule has 0 bridgehead atoms. The fraction of sp³-hybridized carbons (Fsp3) is 0.308. The van der Waals surface area contributed by atoms with E-state index in [2.05, 4.69) is 5.43 Å². The van der Waals surface area contributed by atoms with Crippen molar-refractivity contribution in [3.05, 3.63) is 69.8 Å². The molecule has 0 atom stereocenters. The summed E-state index contributed by atoms with van der Waals surface area (Å²) in [5.41, 5.74) is 5.21. The molecular formula is C26H31N3O8. The Labute approximate surface area is 215 Å². The van der Waals surface area contributed by atoms with E-state index in [1.807, 2.05) is 12.1 Å². The second-order valence-corrected chi connectivity index (χ2v) is 7.73. The maximum atomic E-state index is 11.8. The number of ether oxygens (including phenoxy) is 6. The number of anilines is 1. The van der Waals surface area contributed by atoms with E-state index in [4.69, 9.17) is 28.4 Å². The average molecular weight is 514 g/mol. The molecule has 0 amide bonds. The summed E-state index contributed by atoms with van der Waals surface area (Å²) in [6.07, 6.45) is 0. The lowest BCUT2D eigenvalue weighted by Gasteiger charge is -2.26. The molecule has 0 aliphatic rings. The van der Waals surface area contributed by atoms with Gasteiger partial charge in [-0.05, 0) is 41.5 Å². The van der Waals surface area contributed by atoms with E-state index in [1.165, 1.54) is 34.5 Å². The molecule has 0 radical (unpaired) electrons. The van der Waals surface area contributed by atoms with Gasteiger partial charge in [0.15, 0.2) is 23.0 Å². The highest BCUT2D eigenvalue weighted by Gasteiger charge is 2.22. The van der Waals surface area contributed by atoms with E-state index in [0.29, 0.717) is 46.7 Å². The molecule has 37 heavy (non-hydrogen) atoms. The van der Waals surface area contributed by atoms with Gasteiger partial charge in [-0.15, -0.1) is 0 Å². The second-order valence-electron chi connectivity index (χ2n) is 7.73. The SMILES string of the molecule is COc1cc(CNN(Cc2cc(OC)c(OC)c(OC)c2)c2ccccc2[N+](=O)[O-])cc(OC)c1OC. The summed E-state index contributed by atoms with van der Waals surface area (Å²) in [7, 11) is 9.20. The summed E-state index contributed by atoms with van der Waals surface area (Å²) in [5.74, 6) is 2.88. The number of hydrogen-bond donors (Lipinski definition) is 1. The fourth-order valence-electron chi connectivity index (χ4n) is 3.91. The molecule has 3 rings (SSSR count). The van der Waals surface area contributed by atoms with E-state index in [9.17, 15) is 10.1 Å². The van der Waals surface area contributed by atoms with Crippen LogP contribution in [0.15, 0.2) is 48.5 Å². The van der Waals surface area contributed by atoms with Crippen molar-refractivity contribution in [2.75, 3.05) is 47.7 Å². The molecule has 0 fully saturated rings. The number of hydrogen-bond acceptors (Lipinski definition) is 10. The minimum absolute atomic E-state index is 0.0488. The van der Waals surface area contributed by atoms with Gasteiger partial charge in [-0.1, -0.05) is 12.1 Å². The number of nitro benzene ring substituents is 1. The third kappa shape index (κ3) is 6.07. The summed E-state index contributed by atoms with van der Waals surface area (Å²) < 4.78 is 32.7. The molecule has 11 nitrogen and oxygen atoms in total. The van der Waals surface area contributed by atoms with Gasteiger partial charge in [0.1, 0.15) is 5.69 Å². The smallest absolute Gasteiger partial charge is 0.293 e. The molecule has 1 N–H and O–H groups in total. The van der Waals surface area contributed by atoms with Crippen LogP contribution in [-0.4, -0.2) is 47.6 Å². The summed E-state index contributed by atoms with van der Waals surface area (Å²) in [5, 5.41) is 13.5. The minimum Gasteiger partial charge on any atom is -0.493 e. The molecule has 198 valence electrons. The number of benzene rings is 3. The van der Waals surface area contributed by atoms with Crippen LogP contribution in [0, 0.1) is 10.1 Å². The van der Waals surface area contributed by atoms with Gasteiger partial charge >= 0.3 is 0 Å². The van der Waals surface area contributed by atoms with Crippen molar-refractivity contribution in [2.24, 2.45) is 0 Å². The highest BCUT2D eigenvalue weighted by atomic mass is 16.6. The number of methoxy groups -OCH3 is 6. The van der Waals surface area contributed by atoms with Crippen LogP contribution in [0.1, 0.15) is 11.1 Å². The third-order valence-corrected chi connectivity index (χ3v) is 5.63. The largest absolute Gasteiger partial charge is 0.493 e. The summed E-state index contributed by atoms with van der Waals surface area (Å²) in [6.45, 7) is 0.541. The van der Waals surface area contributed by atoms with Gasteiger partial charge in [-0.25, -0.2) is 5.43 Å². The monoisotopic (exact) mass is 513 g/mol. The van der Waals surface area contributed by atoms with Crippen LogP contribution < -0.4 is 38.9 Å². The zero-order chi connectivity index (χ0) is 26.9. The Morgan fingerprint density at radius 2 is 1.19 bits per heavy atom. The van der Waals surface area contributed by atoms with Gasteiger partial charge in [0.2, 0.25) is 11.5 Å². The Kier molecular flexibility index (Phi) is 9.22. The molecule has 0 heterocycles. The second kappa shape index (κ2) is 12.5. The van der Waals surface area contributed by atoms with Crippen molar-refractivity contribution in [2.45, 2.75) is 13.1 Å². The van der Waals surface area contributed by atoms with E-state index < -0.39 is 4.92 Å². The van der Waals surface area contributed by atoms with Crippen LogP contribution in [0.2, 0.25) is 0 Å². The van der Waals surface area contributed by atoms with Gasteiger partial charge in [0, 0.05) is 12.6 Å². The van der Waals surface area contributed by atoms with Crippen molar-refractivity contribution in [3.63, 3.8) is 0 Å². The van der Waals surface area contributed by atoms with Crippen LogP contribution >= 0.6 is 0 Å². The van der Waals surface area contributed by atoms with Gasteiger partial charge in [0.25, 0.3) is 5.69 Å². The Morgan fingerprint density at radius 3 is 1.62 bits per heavy atom. The molecule has 11 heteroatoms. The van der Waals surface area contributed by atoms with Crippen molar-refractivity contribution >= 4 is 11.4 Å². The van der Waals surface area contributed by atoms with Gasteiger partial charge in [-0.2, -0.15) is 0 Å². The molecule has 0 aliphatic carbocycles. The fourth-order valence-corrected chi connectivity index (χ4v) is 3.91. The molecule has 0 saturated carbocycles. The Bertz CT molecular complexity index is 1180. The predicted molar refractivity (Wildman–Crippen MR) is 138 cm³/mol. The number of nitrogens with one attached hydrogen (secondary N) is 1. The minimum atomic E-state index is -0.418. The number of nitrogens with zero attached hydrogens (tertiary/aromatic N) is 2. The standard InChI is InChI=1S/C26H31N3O8/c1-32-21-11-17(12-22(33-2)25(21)36-5)15-27-28(19-9-7-8-10-20(19)29(30)31)16-18-13-23(34-3)26(37-6)24(14-18)35-4/h7-14,27H,15-16H2,1-6H3. The first-order valence-electron chi connectivity index (χ1n) is 11.2. The molecule has 3 aromatic rings. The summed E-state index contributed by atoms with van der Waals surface area (Å²) in [6, 6.07) is 13.7. The number of nitro groups is 1. The number of rotatable bonds is 13. The Balaban J connectivity index is 2.02. The highest BCUT2D eigenvalue weighted by Crippen LogP contribution is 2.40. The maximum absolute atomic E-state index is 11.8. The first kappa shape index (κ1) is 27.2. The average Bonchev–Trinajstić information content (AvgIpc) is 2.93. The number of hydrazine groups is 1. The van der Waals surface area contributed by atoms with Crippen LogP contribution in [0.4, 0.5) is 11.4 Å².